The number of carbonyl (C=O) groups is 1. The van der Waals surface area contributed by atoms with Crippen LogP contribution in [0.1, 0.15) is 28.8 Å². The second-order valence-corrected chi connectivity index (χ2v) is 6.96. The van der Waals surface area contributed by atoms with E-state index >= 15 is 0 Å². The molecule has 0 spiro atoms. The standard InChI is InChI=1S/C14H20N2O4S/c1-16(8-10-3-4-10)14(17)11-5-6-12(9-20-2)13(7-11)21(15,18)19/h5-7,10H,3-4,8-9H2,1-2H3,(H2,15,18,19). The van der Waals surface area contributed by atoms with Crippen LogP contribution < -0.4 is 5.14 Å². The number of amides is 1. The average Bonchev–Trinajstić information content (AvgIpc) is 3.21. The molecule has 2 N–H and O–H groups in total. The molecule has 0 radical (unpaired) electrons. The van der Waals surface area contributed by atoms with Crippen molar-refractivity contribution >= 4 is 15.9 Å². The van der Waals surface area contributed by atoms with Crippen LogP contribution >= 0.6 is 0 Å². The number of ether oxygens (including phenoxy) is 1. The molecular weight excluding hydrogens is 292 g/mol. The number of benzene rings is 1. The van der Waals surface area contributed by atoms with Gasteiger partial charge in [-0.2, -0.15) is 0 Å². The molecule has 0 unspecified atom stereocenters. The maximum absolute atomic E-state index is 12.3. The van der Waals surface area contributed by atoms with E-state index in [1.54, 1.807) is 24.1 Å². The lowest BCUT2D eigenvalue weighted by Crippen LogP contribution is -2.29. The van der Waals surface area contributed by atoms with E-state index in [-0.39, 0.29) is 17.4 Å². The highest BCUT2D eigenvalue weighted by molar-refractivity contribution is 7.89. The summed E-state index contributed by atoms with van der Waals surface area (Å²) in [6.45, 7) is 0.821. The van der Waals surface area contributed by atoms with Crippen molar-refractivity contribution in [1.82, 2.24) is 4.90 Å². The van der Waals surface area contributed by atoms with Crippen LogP contribution in [0.2, 0.25) is 0 Å². The normalized spacial score (nSPS) is 15.0. The van der Waals surface area contributed by atoms with Gasteiger partial charge in [0.05, 0.1) is 11.5 Å². The zero-order valence-electron chi connectivity index (χ0n) is 12.2. The van der Waals surface area contributed by atoms with Gasteiger partial charge in [0.15, 0.2) is 0 Å². The van der Waals surface area contributed by atoms with E-state index in [0.29, 0.717) is 23.6 Å². The molecule has 21 heavy (non-hydrogen) atoms. The van der Waals surface area contributed by atoms with Crippen molar-refractivity contribution < 1.29 is 17.9 Å². The van der Waals surface area contributed by atoms with Gasteiger partial charge in [-0.1, -0.05) is 6.07 Å². The summed E-state index contributed by atoms with van der Waals surface area (Å²) in [5.74, 6) is 0.375. The fourth-order valence-electron chi connectivity index (χ4n) is 2.22. The number of primary sulfonamides is 1. The Morgan fingerprint density at radius 3 is 2.62 bits per heavy atom. The van der Waals surface area contributed by atoms with E-state index in [1.807, 2.05) is 0 Å². The maximum atomic E-state index is 12.3. The highest BCUT2D eigenvalue weighted by Gasteiger charge is 2.26. The van der Waals surface area contributed by atoms with Gasteiger partial charge < -0.3 is 9.64 Å². The van der Waals surface area contributed by atoms with Gasteiger partial charge in [0.1, 0.15) is 0 Å². The Kier molecular flexibility index (Phi) is 4.65. The summed E-state index contributed by atoms with van der Waals surface area (Å²) in [5, 5.41) is 5.22. The van der Waals surface area contributed by atoms with Crippen molar-refractivity contribution in [3.8, 4) is 0 Å². The number of hydrogen-bond acceptors (Lipinski definition) is 4. The lowest BCUT2D eigenvalue weighted by molar-refractivity contribution is 0.0788. The highest BCUT2D eigenvalue weighted by Crippen LogP contribution is 2.29. The van der Waals surface area contributed by atoms with Crippen molar-refractivity contribution in [2.24, 2.45) is 11.1 Å². The van der Waals surface area contributed by atoms with Crippen LogP contribution in [0.25, 0.3) is 0 Å². The molecule has 1 aromatic rings. The first-order valence-corrected chi connectivity index (χ1v) is 8.27. The van der Waals surface area contributed by atoms with E-state index in [1.165, 1.54) is 13.2 Å². The summed E-state index contributed by atoms with van der Waals surface area (Å²) in [4.78, 5) is 13.9. The number of carbonyl (C=O) groups excluding carboxylic acids is 1. The topological polar surface area (TPSA) is 89.7 Å². The summed E-state index contributed by atoms with van der Waals surface area (Å²) >= 11 is 0. The lowest BCUT2D eigenvalue weighted by Gasteiger charge is -2.18. The Bertz CT molecular complexity index is 638. The van der Waals surface area contributed by atoms with Crippen molar-refractivity contribution in [3.63, 3.8) is 0 Å². The fourth-order valence-corrected chi connectivity index (χ4v) is 3.00. The predicted octanol–water partition coefficient (Wildman–Crippen LogP) is 0.962. The van der Waals surface area contributed by atoms with Crippen molar-refractivity contribution in [1.29, 1.82) is 0 Å². The first-order valence-electron chi connectivity index (χ1n) is 6.73. The Balaban J connectivity index is 2.29. The second-order valence-electron chi connectivity index (χ2n) is 5.43. The van der Waals surface area contributed by atoms with Crippen LogP contribution in [-0.4, -0.2) is 39.9 Å². The number of sulfonamides is 1. The summed E-state index contributed by atoms with van der Waals surface area (Å²) < 4.78 is 28.3. The molecule has 0 saturated heterocycles. The number of hydrogen-bond donors (Lipinski definition) is 1. The average molecular weight is 312 g/mol. The zero-order chi connectivity index (χ0) is 15.6. The Morgan fingerprint density at radius 2 is 2.10 bits per heavy atom. The van der Waals surface area contributed by atoms with Gasteiger partial charge in [-0.3, -0.25) is 4.79 Å². The minimum atomic E-state index is -3.90. The minimum absolute atomic E-state index is 0.0602. The molecule has 0 aliphatic heterocycles. The molecule has 1 saturated carbocycles. The number of nitrogens with zero attached hydrogens (tertiary/aromatic N) is 1. The number of methoxy groups -OCH3 is 1. The molecule has 1 aliphatic rings. The summed E-state index contributed by atoms with van der Waals surface area (Å²) in [6.07, 6.45) is 2.29. The van der Waals surface area contributed by atoms with Crippen LogP contribution in [0.5, 0.6) is 0 Å². The van der Waals surface area contributed by atoms with E-state index < -0.39 is 10.0 Å². The van der Waals surface area contributed by atoms with Crippen LogP contribution in [0.15, 0.2) is 23.1 Å². The first-order chi connectivity index (χ1) is 9.82. The van der Waals surface area contributed by atoms with Crippen molar-refractivity contribution in [2.75, 3.05) is 20.7 Å². The smallest absolute Gasteiger partial charge is 0.253 e. The minimum Gasteiger partial charge on any atom is -0.380 e. The van der Waals surface area contributed by atoms with Gasteiger partial charge in [-0.05, 0) is 36.5 Å². The van der Waals surface area contributed by atoms with Crippen molar-refractivity contribution in [2.45, 2.75) is 24.3 Å². The molecule has 0 atom stereocenters. The molecule has 116 valence electrons. The third-order valence-corrected chi connectivity index (χ3v) is 4.49. The molecule has 0 heterocycles. The van der Waals surface area contributed by atoms with E-state index in [2.05, 4.69) is 0 Å². The molecule has 0 aromatic heterocycles. The molecule has 7 heteroatoms. The summed E-state index contributed by atoms with van der Waals surface area (Å²) in [6, 6.07) is 4.51. The highest BCUT2D eigenvalue weighted by atomic mass is 32.2. The van der Waals surface area contributed by atoms with Gasteiger partial charge in [-0.15, -0.1) is 0 Å². The number of rotatable bonds is 6. The summed E-state index contributed by atoms with van der Waals surface area (Å²) in [5.41, 5.74) is 0.767. The molecule has 0 bridgehead atoms. The Morgan fingerprint density at radius 1 is 1.43 bits per heavy atom. The summed E-state index contributed by atoms with van der Waals surface area (Å²) in [7, 11) is -0.709. The first kappa shape index (κ1) is 15.9. The second kappa shape index (κ2) is 6.13. The van der Waals surface area contributed by atoms with Crippen LogP contribution in [-0.2, 0) is 21.4 Å². The van der Waals surface area contributed by atoms with Crippen LogP contribution in [0.4, 0.5) is 0 Å². The quantitative estimate of drug-likeness (QED) is 0.847. The maximum Gasteiger partial charge on any atom is 0.253 e. The zero-order valence-corrected chi connectivity index (χ0v) is 13.0. The molecule has 1 aliphatic carbocycles. The van der Waals surface area contributed by atoms with Gasteiger partial charge in [-0.25, -0.2) is 13.6 Å². The van der Waals surface area contributed by atoms with E-state index in [9.17, 15) is 13.2 Å². The molecule has 1 amide bonds. The van der Waals surface area contributed by atoms with Crippen LogP contribution in [0, 0.1) is 5.92 Å². The molecular formula is C14H20N2O4S. The van der Waals surface area contributed by atoms with Crippen LogP contribution in [0.3, 0.4) is 0 Å². The van der Waals surface area contributed by atoms with Gasteiger partial charge in [0.2, 0.25) is 10.0 Å². The van der Waals surface area contributed by atoms with Gasteiger partial charge >= 0.3 is 0 Å². The fraction of sp³-hybridized carbons (Fsp3) is 0.500. The monoisotopic (exact) mass is 312 g/mol. The Labute approximate surface area is 124 Å². The van der Waals surface area contributed by atoms with Gasteiger partial charge in [0.25, 0.3) is 5.91 Å². The molecule has 6 nitrogen and oxygen atoms in total. The van der Waals surface area contributed by atoms with Gasteiger partial charge in [0, 0.05) is 26.3 Å². The third kappa shape index (κ3) is 4.03. The SMILES string of the molecule is COCc1ccc(C(=O)N(C)CC2CC2)cc1S(N)(=O)=O. The third-order valence-electron chi connectivity index (χ3n) is 3.50. The number of nitrogens with two attached hydrogens (primary N) is 1. The molecule has 1 aromatic carbocycles. The van der Waals surface area contributed by atoms with E-state index in [0.717, 1.165) is 12.8 Å². The van der Waals surface area contributed by atoms with Crippen molar-refractivity contribution in [3.05, 3.63) is 29.3 Å². The lowest BCUT2D eigenvalue weighted by atomic mass is 10.1. The van der Waals surface area contributed by atoms with E-state index in [4.69, 9.17) is 9.88 Å². The molecule has 2 rings (SSSR count). The molecule has 1 fully saturated rings. The largest absolute Gasteiger partial charge is 0.380 e. The Hall–Kier alpha value is -1.44. The predicted molar refractivity (Wildman–Crippen MR) is 78.2 cm³/mol.